The molecule has 0 radical (unpaired) electrons. The zero-order valence-electron chi connectivity index (χ0n) is 14.3. The molecule has 0 saturated heterocycles. The molecule has 3 aromatic heterocycles. The molecular formula is C10H8N12O8. The highest BCUT2D eigenvalue weighted by Crippen LogP contribution is 2.25. The van der Waals surface area contributed by atoms with Crippen LogP contribution in [-0.2, 0) is 13.1 Å². The highest BCUT2D eigenvalue weighted by atomic mass is 16.6. The molecule has 3 aromatic rings. The molecule has 0 saturated carbocycles. The molecule has 20 heteroatoms. The molecule has 0 atom stereocenters. The van der Waals surface area contributed by atoms with Crippen LogP contribution in [-0.4, -0.2) is 54.1 Å². The Morgan fingerprint density at radius 1 is 0.733 bits per heavy atom. The van der Waals surface area contributed by atoms with Gasteiger partial charge in [0.2, 0.25) is 0 Å². The number of aromatic nitrogens is 7. The Morgan fingerprint density at radius 3 is 1.37 bits per heavy atom. The SMILES string of the molecule is Nn1c(Cn2cc([N+](=O)[O-])c([N+](=O)[O-])n2)nnc1Cn1cc([N+](=O)[O-])c([N+](=O)[O-])n1. The quantitative estimate of drug-likeness (QED) is 0.261. The summed E-state index contributed by atoms with van der Waals surface area (Å²) in [6, 6.07) is 0. The van der Waals surface area contributed by atoms with Crippen molar-refractivity contribution in [3.63, 3.8) is 0 Å². The Kier molecular flexibility index (Phi) is 4.71. The summed E-state index contributed by atoms with van der Waals surface area (Å²) in [6.45, 7) is -0.671. The second-order valence-electron chi connectivity index (χ2n) is 5.50. The summed E-state index contributed by atoms with van der Waals surface area (Å²) >= 11 is 0. The molecule has 0 amide bonds. The Labute approximate surface area is 161 Å². The average molecular weight is 424 g/mol. The van der Waals surface area contributed by atoms with E-state index in [1.165, 1.54) is 0 Å². The van der Waals surface area contributed by atoms with E-state index in [1.807, 2.05) is 0 Å². The zero-order chi connectivity index (χ0) is 22.2. The van der Waals surface area contributed by atoms with Gasteiger partial charge in [0.05, 0.1) is 20.0 Å². The molecule has 0 bridgehead atoms. The number of rotatable bonds is 8. The second-order valence-corrected chi connectivity index (χ2v) is 5.50. The van der Waals surface area contributed by atoms with Gasteiger partial charge in [0.15, 0.2) is 11.6 Å². The van der Waals surface area contributed by atoms with Crippen molar-refractivity contribution in [2.75, 3.05) is 5.84 Å². The van der Waals surface area contributed by atoms with Crippen molar-refractivity contribution in [3.8, 4) is 0 Å². The van der Waals surface area contributed by atoms with E-state index in [0.717, 1.165) is 26.4 Å². The first-order valence-corrected chi connectivity index (χ1v) is 7.49. The van der Waals surface area contributed by atoms with Gasteiger partial charge in [0.25, 0.3) is 0 Å². The Bertz CT molecular complexity index is 1040. The van der Waals surface area contributed by atoms with E-state index in [0.29, 0.717) is 0 Å². The van der Waals surface area contributed by atoms with Crippen molar-refractivity contribution in [1.29, 1.82) is 0 Å². The maximum atomic E-state index is 10.9. The molecule has 0 unspecified atom stereocenters. The maximum absolute atomic E-state index is 10.9. The largest absolute Gasteiger partial charge is 0.467 e. The fourth-order valence-electron chi connectivity index (χ4n) is 2.35. The van der Waals surface area contributed by atoms with E-state index in [4.69, 9.17) is 5.84 Å². The first-order chi connectivity index (χ1) is 14.1. The predicted molar refractivity (Wildman–Crippen MR) is 89.4 cm³/mol. The topological polar surface area (TPSA) is 265 Å². The molecule has 20 nitrogen and oxygen atoms in total. The summed E-state index contributed by atoms with van der Waals surface area (Å²) < 4.78 is 2.60. The third-order valence-corrected chi connectivity index (χ3v) is 3.63. The van der Waals surface area contributed by atoms with Gasteiger partial charge in [-0.1, -0.05) is 0 Å². The molecule has 30 heavy (non-hydrogen) atoms. The lowest BCUT2D eigenvalue weighted by atomic mass is 10.5. The number of nitrogens with two attached hydrogens (primary N) is 1. The van der Waals surface area contributed by atoms with Crippen molar-refractivity contribution in [1.82, 2.24) is 34.4 Å². The van der Waals surface area contributed by atoms with Crippen LogP contribution < -0.4 is 5.84 Å². The molecule has 0 aromatic carbocycles. The molecule has 3 rings (SSSR count). The van der Waals surface area contributed by atoms with E-state index in [2.05, 4.69) is 20.4 Å². The van der Waals surface area contributed by atoms with Gasteiger partial charge in [-0.05, 0) is 9.85 Å². The highest BCUT2D eigenvalue weighted by molar-refractivity contribution is 5.45. The Hall–Kier alpha value is -5.04. The van der Waals surface area contributed by atoms with Crippen LogP contribution in [0.15, 0.2) is 12.4 Å². The van der Waals surface area contributed by atoms with Gasteiger partial charge in [-0.3, -0.25) is 20.2 Å². The van der Waals surface area contributed by atoms with Crippen LogP contribution in [0.5, 0.6) is 0 Å². The molecule has 0 aliphatic rings. The summed E-state index contributed by atoms with van der Waals surface area (Å²) in [4.78, 5) is 39.5. The summed E-state index contributed by atoms with van der Waals surface area (Å²) in [5.74, 6) is 3.79. The van der Waals surface area contributed by atoms with Crippen LogP contribution >= 0.6 is 0 Å². The molecule has 2 N–H and O–H groups in total. The predicted octanol–water partition coefficient (Wildman–Crippen LogP) is -0.886. The Morgan fingerprint density at radius 2 is 1.10 bits per heavy atom. The molecule has 0 spiro atoms. The fourth-order valence-corrected chi connectivity index (χ4v) is 2.35. The van der Waals surface area contributed by atoms with E-state index in [1.54, 1.807) is 0 Å². The Balaban J connectivity index is 1.86. The lowest BCUT2D eigenvalue weighted by Crippen LogP contribution is -2.20. The third-order valence-electron chi connectivity index (χ3n) is 3.63. The van der Waals surface area contributed by atoms with E-state index in [9.17, 15) is 40.5 Å². The summed E-state index contributed by atoms with van der Waals surface area (Å²) in [7, 11) is 0. The van der Waals surface area contributed by atoms with E-state index >= 15 is 0 Å². The first-order valence-electron chi connectivity index (χ1n) is 7.49. The van der Waals surface area contributed by atoms with Crippen molar-refractivity contribution < 1.29 is 19.7 Å². The van der Waals surface area contributed by atoms with E-state index < -0.39 is 42.7 Å². The number of hydrogen-bond donors (Lipinski definition) is 1. The lowest BCUT2D eigenvalue weighted by Gasteiger charge is -2.01. The number of nitrogens with zero attached hydrogens (tertiary/aromatic N) is 11. The number of hydrogen-bond acceptors (Lipinski definition) is 13. The fraction of sp³-hybridized carbons (Fsp3) is 0.200. The van der Waals surface area contributed by atoms with Gasteiger partial charge in [0.1, 0.15) is 25.5 Å². The molecule has 3 heterocycles. The summed E-state index contributed by atoms with van der Waals surface area (Å²) in [5.41, 5.74) is -1.67. The van der Waals surface area contributed by atoms with Gasteiger partial charge in [-0.15, -0.1) is 10.2 Å². The smallest absolute Gasteiger partial charge is 0.358 e. The van der Waals surface area contributed by atoms with Crippen LogP contribution in [0.25, 0.3) is 0 Å². The van der Waals surface area contributed by atoms with Gasteiger partial charge >= 0.3 is 23.0 Å². The third kappa shape index (κ3) is 3.54. The standard InChI is InChI=1S/C10H8N12O8/c11-18-7(3-16-1-5(19(23)24)9(14-16)21(27)28)12-13-8(18)4-17-2-6(20(25)26)10(15-17)22(29)30/h1-2H,3-4,11H2. The minimum absolute atomic E-state index is 0.0338. The van der Waals surface area contributed by atoms with Crippen molar-refractivity contribution in [2.24, 2.45) is 0 Å². The van der Waals surface area contributed by atoms with Crippen LogP contribution in [0.2, 0.25) is 0 Å². The van der Waals surface area contributed by atoms with Crippen LogP contribution in [0.1, 0.15) is 11.6 Å². The summed E-state index contributed by atoms with van der Waals surface area (Å²) in [5, 5.41) is 57.9. The van der Waals surface area contributed by atoms with Gasteiger partial charge in [-0.2, -0.15) is 9.36 Å². The van der Waals surface area contributed by atoms with Crippen LogP contribution in [0.4, 0.5) is 23.0 Å². The van der Waals surface area contributed by atoms with Gasteiger partial charge in [0, 0.05) is 0 Å². The minimum Gasteiger partial charge on any atom is -0.358 e. The molecule has 0 aliphatic heterocycles. The van der Waals surface area contributed by atoms with Crippen molar-refractivity contribution in [3.05, 3.63) is 64.5 Å². The molecule has 0 fully saturated rings. The second kappa shape index (κ2) is 7.17. The zero-order valence-corrected chi connectivity index (χ0v) is 14.3. The minimum atomic E-state index is -1.02. The van der Waals surface area contributed by atoms with Crippen molar-refractivity contribution >= 4 is 23.0 Å². The monoisotopic (exact) mass is 424 g/mol. The number of nitro groups is 4. The number of nitrogen functional groups attached to an aromatic ring is 1. The van der Waals surface area contributed by atoms with Crippen LogP contribution in [0, 0.1) is 40.5 Å². The highest BCUT2D eigenvalue weighted by Gasteiger charge is 2.32. The van der Waals surface area contributed by atoms with Gasteiger partial charge in [-0.25, -0.2) is 4.68 Å². The van der Waals surface area contributed by atoms with Crippen LogP contribution in [0.3, 0.4) is 0 Å². The lowest BCUT2D eigenvalue weighted by molar-refractivity contribution is -0.424. The maximum Gasteiger partial charge on any atom is 0.467 e. The summed E-state index contributed by atoms with van der Waals surface area (Å²) in [6.07, 6.45) is 1.62. The van der Waals surface area contributed by atoms with E-state index in [-0.39, 0.29) is 24.7 Å². The molecule has 156 valence electrons. The normalized spacial score (nSPS) is 10.8. The van der Waals surface area contributed by atoms with Gasteiger partial charge < -0.3 is 26.1 Å². The molecule has 0 aliphatic carbocycles. The average Bonchev–Trinajstić information content (AvgIpc) is 3.35. The molecular weight excluding hydrogens is 416 g/mol. The first kappa shape index (κ1) is 19.7. The van der Waals surface area contributed by atoms with Crippen molar-refractivity contribution in [2.45, 2.75) is 13.1 Å².